The number of rotatable bonds is 16. The fraction of sp³-hybridized carbons (Fsp3) is 0.600. The van der Waals surface area contributed by atoms with Gasteiger partial charge in [0.25, 0.3) is 5.91 Å². The maximum atomic E-state index is 11.7. The van der Waals surface area contributed by atoms with Crippen LogP contribution in [0.5, 0.6) is 0 Å². The Labute approximate surface area is 193 Å². The molecule has 0 heterocycles. The molecule has 0 fully saturated rings. The van der Waals surface area contributed by atoms with Crippen molar-refractivity contribution in [3.8, 4) is 0 Å². The second-order valence-corrected chi connectivity index (χ2v) is 9.45. The summed E-state index contributed by atoms with van der Waals surface area (Å²) < 4.78 is 0. The van der Waals surface area contributed by atoms with Crippen molar-refractivity contribution in [3.63, 3.8) is 0 Å². The molecule has 0 aliphatic rings. The Morgan fingerprint density at radius 2 is 1.35 bits per heavy atom. The van der Waals surface area contributed by atoms with Gasteiger partial charge in [-0.15, -0.1) is 0 Å². The number of allylic oxidation sites excluding steroid dienone is 7. The quantitative estimate of drug-likeness (QED) is 0.278. The van der Waals surface area contributed by atoms with E-state index in [1.54, 1.807) is 11.8 Å². The van der Waals surface area contributed by atoms with Crippen LogP contribution in [0.1, 0.15) is 73.1 Å². The first-order valence-electron chi connectivity index (χ1n) is 11.1. The highest BCUT2D eigenvalue weighted by molar-refractivity contribution is 7.99. The molecule has 1 amide bonds. The van der Waals surface area contributed by atoms with Gasteiger partial charge in [-0.2, -0.15) is 11.8 Å². The monoisotopic (exact) mass is 450 g/mol. The fourth-order valence-corrected chi connectivity index (χ4v) is 3.75. The lowest BCUT2D eigenvalue weighted by Gasteiger charge is -2.09. The van der Waals surface area contributed by atoms with E-state index in [-0.39, 0.29) is 5.91 Å². The molecular formula is C25H42N2O3S. The van der Waals surface area contributed by atoms with Gasteiger partial charge in [0.2, 0.25) is 0 Å². The molecule has 0 aromatic heterocycles. The van der Waals surface area contributed by atoms with Crippen LogP contribution in [-0.4, -0.2) is 36.0 Å². The summed E-state index contributed by atoms with van der Waals surface area (Å²) in [6.45, 7) is 10.4. The lowest BCUT2D eigenvalue weighted by molar-refractivity contribution is -0.396. The average molecular weight is 451 g/mol. The van der Waals surface area contributed by atoms with Gasteiger partial charge in [-0.1, -0.05) is 46.6 Å². The van der Waals surface area contributed by atoms with E-state index in [0.717, 1.165) is 44.3 Å². The molecule has 0 unspecified atom stereocenters. The van der Waals surface area contributed by atoms with Crippen LogP contribution in [0.4, 0.5) is 0 Å². The highest BCUT2D eigenvalue weighted by Gasteiger charge is 2.16. The number of carbonyl (C=O) groups excluding carboxylic acids is 2. The van der Waals surface area contributed by atoms with Gasteiger partial charge >= 0.3 is 0 Å². The van der Waals surface area contributed by atoms with Crippen LogP contribution in [-0.2, 0) is 9.59 Å². The molecule has 0 bridgehead atoms. The van der Waals surface area contributed by atoms with E-state index in [1.807, 2.05) is 0 Å². The van der Waals surface area contributed by atoms with Gasteiger partial charge in [0, 0.05) is 5.75 Å². The van der Waals surface area contributed by atoms with E-state index >= 15 is 0 Å². The summed E-state index contributed by atoms with van der Waals surface area (Å²) in [5.74, 6) is -0.262. The summed E-state index contributed by atoms with van der Waals surface area (Å²) in [5, 5.41) is 12.7. The number of hydrogen-bond donors (Lipinski definition) is 2. The van der Waals surface area contributed by atoms with Crippen molar-refractivity contribution in [2.24, 2.45) is 0 Å². The van der Waals surface area contributed by atoms with Crippen molar-refractivity contribution in [3.05, 3.63) is 46.6 Å². The maximum Gasteiger partial charge on any atom is 0.279 e. The Morgan fingerprint density at radius 3 is 1.84 bits per heavy atom. The van der Waals surface area contributed by atoms with Crippen LogP contribution in [0.25, 0.3) is 0 Å². The zero-order valence-corrected chi connectivity index (χ0v) is 20.9. The van der Waals surface area contributed by atoms with Crippen molar-refractivity contribution in [2.45, 2.75) is 79.2 Å². The van der Waals surface area contributed by atoms with Crippen LogP contribution in [0, 0.1) is 0 Å². The molecule has 0 rings (SSSR count). The summed E-state index contributed by atoms with van der Waals surface area (Å²) >= 11 is 1.62. The van der Waals surface area contributed by atoms with E-state index in [1.165, 1.54) is 22.3 Å². The van der Waals surface area contributed by atoms with Gasteiger partial charge in [-0.25, -0.2) is 0 Å². The minimum atomic E-state index is -1.29. The van der Waals surface area contributed by atoms with Crippen molar-refractivity contribution >= 4 is 23.6 Å². The molecule has 176 valence electrons. The standard InChI is InChI=1S/C25H42N2O3S/c1-19(2)9-6-10-20(3)11-7-12-21(4)13-8-14-22(5)15-16-31-18-23(26)25(30)27-17-24(28)29/h9,11,13,15,23H,6-8,10,12,14,16-18,26H2,1-5H3,(H,27,30)(H,28,29)/b20-11+,21-13+,22-15+/t23-/m0/s1. The Morgan fingerprint density at radius 1 is 0.871 bits per heavy atom. The number of nitrogens with one attached hydrogen (secondary N) is 1. The van der Waals surface area contributed by atoms with Gasteiger partial charge in [-0.3, -0.25) is 4.79 Å². The highest BCUT2D eigenvalue weighted by Crippen LogP contribution is 2.14. The first kappa shape index (κ1) is 29.2. The minimum Gasteiger partial charge on any atom is -0.548 e. The topological polar surface area (TPSA) is 96.9 Å². The van der Waals surface area contributed by atoms with Crippen LogP contribution in [0.2, 0.25) is 0 Å². The van der Waals surface area contributed by atoms with Crippen molar-refractivity contribution in [1.82, 2.24) is 5.32 Å². The van der Waals surface area contributed by atoms with E-state index in [2.05, 4.69) is 70.0 Å². The van der Waals surface area contributed by atoms with E-state index in [9.17, 15) is 14.7 Å². The molecule has 5 nitrogen and oxygen atoms in total. The smallest absolute Gasteiger partial charge is 0.279 e. The molecule has 0 aliphatic carbocycles. The van der Waals surface area contributed by atoms with Gasteiger partial charge in [0.15, 0.2) is 6.04 Å². The predicted molar refractivity (Wildman–Crippen MR) is 130 cm³/mol. The zero-order chi connectivity index (χ0) is 23.6. The van der Waals surface area contributed by atoms with Crippen LogP contribution < -0.4 is 16.2 Å². The summed E-state index contributed by atoms with van der Waals surface area (Å²) in [6.07, 6.45) is 15.8. The molecule has 0 aromatic rings. The Bertz CT molecular complexity index is 674. The molecule has 6 heteroatoms. The van der Waals surface area contributed by atoms with E-state index in [4.69, 9.17) is 0 Å². The predicted octanol–water partition coefficient (Wildman–Crippen LogP) is 3.34. The average Bonchev–Trinajstić information content (AvgIpc) is 2.68. The van der Waals surface area contributed by atoms with Gasteiger partial charge in [0.1, 0.15) is 0 Å². The van der Waals surface area contributed by atoms with Gasteiger partial charge in [0.05, 0.1) is 18.3 Å². The summed E-state index contributed by atoms with van der Waals surface area (Å²) in [7, 11) is 0. The van der Waals surface area contributed by atoms with Crippen LogP contribution >= 0.6 is 11.8 Å². The van der Waals surface area contributed by atoms with Gasteiger partial charge < -0.3 is 21.0 Å². The number of quaternary nitrogens is 1. The van der Waals surface area contributed by atoms with E-state index in [0.29, 0.717) is 5.75 Å². The number of carboxylic acids is 1. The molecule has 0 radical (unpaired) electrons. The molecule has 0 spiro atoms. The van der Waals surface area contributed by atoms with Crippen LogP contribution in [0.15, 0.2) is 46.6 Å². The Kier molecular flexibility index (Phi) is 16.8. The second-order valence-electron chi connectivity index (χ2n) is 8.37. The number of carbonyl (C=O) groups is 2. The fourth-order valence-electron chi connectivity index (χ4n) is 2.78. The number of amides is 1. The third-order valence-corrected chi connectivity index (χ3v) is 5.84. The molecule has 31 heavy (non-hydrogen) atoms. The first-order valence-corrected chi connectivity index (χ1v) is 12.3. The number of hydrogen-bond acceptors (Lipinski definition) is 4. The highest BCUT2D eigenvalue weighted by atomic mass is 32.2. The molecule has 1 atom stereocenters. The SMILES string of the molecule is CC(C)=CCC/C(C)=C/CC/C(C)=C/CC/C(C)=C/CSC[C@H]([NH3+])C(=O)NCC(=O)[O-]. The van der Waals surface area contributed by atoms with Crippen molar-refractivity contribution in [2.75, 3.05) is 18.1 Å². The zero-order valence-electron chi connectivity index (χ0n) is 20.1. The number of aliphatic carboxylic acids is 1. The maximum absolute atomic E-state index is 11.7. The largest absolute Gasteiger partial charge is 0.548 e. The molecule has 0 aromatic carbocycles. The number of carboxylic acid groups (broad SMARTS) is 1. The molecule has 0 saturated carbocycles. The number of thioether (sulfide) groups is 1. The third kappa shape index (κ3) is 18.7. The second kappa shape index (κ2) is 17.8. The van der Waals surface area contributed by atoms with Gasteiger partial charge in [-0.05, 0) is 73.1 Å². The summed E-state index contributed by atoms with van der Waals surface area (Å²) in [6, 6.07) is -0.464. The lowest BCUT2D eigenvalue weighted by Crippen LogP contribution is -2.69. The van der Waals surface area contributed by atoms with Crippen LogP contribution in [0.3, 0.4) is 0 Å². The Hall–Kier alpha value is -1.79. The van der Waals surface area contributed by atoms with Crippen molar-refractivity contribution in [1.29, 1.82) is 0 Å². The van der Waals surface area contributed by atoms with Crippen molar-refractivity contribution < 1.29 is 20.4 Å². The summed E-state index contributed by atoms with van der Waals surface area (Å²) in [5.41, 5.74) is 9.42. The lowest BCUT2D eigenvalue weighted by atomic mass is 10.0. The Balaban J connectivity index is 4.03. The minimum absolute atomic E-state index is 0.351. The molecule has 4 N–H and O–H groups in total. The third-order valence-electron chi connectivity index (χ3n) is 4.80. The first-order chi connectivity index (χ1) is 14.6. The molecular weight excluding hydrogens is 408 g/mol. The summed E-state index contributed by atoms with van der Waals surface area (Å²) in [4.78, 5) is 22.0. The molecule has 0 aliphatic heterocycles. The molecule has 0 saturated heterocycles. The van der Waals surface area contributed by atoms with E-state index < -0.39 is 18.6 Å². The normalized spacial score (nSPS) is 13.7.